The van der Waals surface area contributed by atoms with Gasteiger partial charge in [-0.15, -0.1) is 0 Å². The number of nitrogens with one attached hydrogen (secondary N) is 1. The lowest BCUT2D eigenvalue weighted by Gasteiger charge is -2.29. The van der Waals surface area contributed by atoms with Gasteiger partial charge in [-0.1, -0.05) is 6.92 Å². The second-order valence-corrected chi connectivity index (χ2v) is 2.70. The highest BCUT2D eigenvalue weighted by atomic mass is 16.3. The van der Waals surface area contributed by atoms with Crippen molar-refractivity contribution in [3.63, 3.8) is 0 Å². The molecule has 0 fully saturated rings. The molecule has 5 N–H and O–H groups in total. The molecule has 0 saturated heterocycles. The Morgan fingerprint density at radius 1 is 1.50 bits per heavy atom. The van der Waals surface area contributed by atoms with Gasteiger partial charge in [-0.3, -0.25) is 4.79 Å². The summed E-state index contributed by atoms with van der Waals surface area (Å²) in [5.41, 5.74) is 4.15. The van der Waals surface area contributed by atoms with Crippen LogP contribution in [0.3, 0.4) is 0 Å². The molecule has 72 valence electrons. The van der Waals surface area contributed by atoms with Gasteiger partial charge in [-0.2, -0.15) is 0 Å². The molecular formula is C7H16N2O3. The second-order valence-electron chi connectivity index (χ2n) is 2.70. The standard InChI is InChI=1S/C7H16N2O3/c1-2-7(4-10,5-11)9-6(12)3-8/h10-11H,2-5,8H2,1H3,(H,9,12). The SMILES string of the molecule is CCC(CO)(CO)NC(=O)CN. The molecule has 0 aromatic carbocycles. The number of amides is 1. The fourth-order valence-corrected chi connectivity index (χ4v) is 0.788. The monoisotopic (exact) mass is 176 g/mol. The number of carbonyl (C=O) groups excluding carboxylic acids is 1. The van der Waals surface area contributed by atoms with Crippen molar-refractivity contribution in [2.24, 2.45) is 5.73 Å². The Kier molecular flexibility index (Phi) is 4.80. The first-order chi connectivity index (χ1) is 5.64. The number of hydrogen-bond donors (Lipinski definition) is 4. The van der Waals surface area contributed by atoms with Crippen molar-refractivity contribution in [3.8, 4) is 0 Å². The summed E-state index contributed by atoms with van der Waals surface area (Å²) in [4.78, 5) is 10.8. The highest BCUT2D eigenvalue weighted by Crippen LogP contribution is 2.07. The van der Waals surface area contributed by atoms with Crippen LogP contribution in [-0.4, -0.2) is 41.4 Å². The molecule has 5 heteroatoms. The molecule has 12 heavy (non-hydrogen) atoms. The molecule has 0 rings (SSSR count). The summed E-state index contributed by atoms with van der Waals surface area (Å²) in [7, 11) is 0. The molecule has 0 radical (unpaired) electrons. The Balaban J connectivity index is 4.19. The van der Waals surface area contributed by atoms with E-state index in [1.54, 1.807) is 6.92 Å². The van der Waals surface area contributed by atoms with Gasteiger partial charge in [-0.25, -0.2) is 0 Å². The first-order valence-electron chi connectivity index (χ1n) is 3.87. The van der Waals surface area contributed by atoms with Crippen LogP contribution in [0.1, 0.15) is 13.3 Å². The lowest BCUT2D eigenvalue weighted by Crippen LogP contribution is -2.55. The lowest BCUT2D eigenvalue weighted by molar-refractivity contribution is -0.123. The Morgan fingerprint density at radius 2 is 2.00 bits per heavy atom. The van der Waals surface area contributed by atoms with Gasteiger partial charge in [0.05, 0.1) is 25.3 Å². The third-order valence-corrected chi connectivity index (χ3v) is 1.87. The zero-order valence-corrected chi connectivity index (χ0v) is 7.21. The highest BCUT2D eigenvalue weighted by molar-refractivity contribution is 5.78. The molecule has 0 spiro atoms. The van der Waals surface area contributed by atoms with E-state index in [9.17, 15) is 4.79 Å². The fraction of sp³-hybridized carbons (Fsp3) is 0.857. The zero-order chi connectivity index (χ0) is 9.61. The summed E-state index contributed by atoms with van der Waals surface area (Å²) in [6.45, 7) is 1.06. The van der Waals surface area contributed by atoms with Crippen LogP contribution in [0.15, 0.2) is 0 Å². The highest BCUT2D eigenvalue weighted by Gasteiger charge is 2.27. The molecule has 0 aliphatic rings. The maximum Gasteiger partial charge on any atom is 0.234 e. The van der Waals surface area contributed by atoms with Crippen molar-refractivity contribution in [1.29, 1.82) is 0 Å². The first-order valence-corrected chi connectivity index (χ1v) is 3.87. The minimum Gasteiger partial charge on any atom is -0.394 e. The normalized spacial score (nSPS) is 11.3. The molecule has 0 aromatic heterocycles. The fourth-order valence-electron chi connectivity index (χ4n) is 0.788. The Bertz CT molecular complexity index is 137. The van der Waals surface area contributed by atoms with Crippen LogP contribution < -0.4 is 11.1 Å². The Morgan fingerprint density at radius 3 is 2.25 bits per heavy atom. The van der Waals surface area contributed by atoms with Crippen molar-refractivity contribution in [2.75, 3.05) is 19.8 Å². The van der Waals surface area contributed by atoms with Crippen molar-refractivity contribution < 1.29 is 15.0 Å². The summed E-state index contributed by atoms with van der Waals surface area (Å²) in [6, 6.07) is 0. The number of rotatable bonds is 5. The van der Waals surface area contributed by atoms with E-state index in [2.05, 4.69) is 5.32 Å². The number of nitrogens with two attached hydrogens (primary N) is 1. The lowest BCUT2D eigenvalue weighted by atomic mass is 9.98. The largest absolute Gasteiger partial charge is 0.394 e. The number of aliphatic hydroxyl groups excluding tert-OH is 2. The van der Waals surface area contributed by atoms with Crippen LogP contribution in [0.2, 0.25) is 0 Å². The summed E-state index contributed by atoms with van der Waals surface area (Å²) in [5.74, 6) is -0.375. The zero-order valence-electron chi connectivity index (χ0n) is 7.21. The minimum atomic E-state index is -0.920. The van der Waals surface area contributed by atoms with Gasteiger partial charge < -0.3 is 21.3 Å². The number of aliphatic hydroxyl groups is 2. The van der Waals surface area contributed by atoms with Gasteiger partial charge in [0.15, 0.2) is 0 Å². The third-order valence-electron chi connectivity index (χ3n) is 1.87. The predicted molar refractivity (Wildman–Crippen MR) is 44.4 cm³/mol. The van der Waals surface area contributed by atoms with Crippen molar-refractivity contribution in [2.45, 2.75) is 18.9 Å². The van der Waals surface area contributed by atoms with Gasteiger partial charge in [0.2, 0.25) is 5.91 Å². The summed E-state index contributed by atoms with van der Waals surface area (Å²) < 4.78 is 0. The molecule has 0 aromatic rings. The Labute approximate surface area is 71.6 Å². The van der Waals surface area contributed by atoms with E-state index in [1.165, 1.54) is 0 Å². The second kappa shape index (κ2) is 5.08. The third kappa shape index (κ3) is 2.77. The minimum absolute atomic E-state index is 0.137. The maximum atomic E-state index is 10.8. The van der Waals surface area contributed by atoms with Crippen LogP contribution in [0, 0.1) is 0 Å². The van der Waals surface area contributed by atoms with Crippen molar-refractivity contribution >= 4 is 5.91 Å². The number of carbonyl (C=O) groups is 1. The molecule has 5 nitrogen and oxygen atoms in total. The molecule has 1 amide bonds. The summed E-state index contributed by atoms with van der Waals surface area (Å²) >= 11 is 0. The van der Waals surface area contributed by atoms with Gasteiger partial charge in [0, 0.05) is 0 Å². The molecule has 0 saturated carbocycles. The van der Waals surface area contributed by atoms with Crippen molar-refractivity contribution in [1.82, 2.24) is 5.32 Å². The van der Waals surface area contributed by atoms with E-state index >= 15 is 0 Å². The quantitative estimate of drug-likeness (QED) is 0.397. The average molecular weight is 176 g/mol. The smallest absolute Gasteiger partial charge is 0.234 e. The summed E-state index contributed by atoms with van der Waals surface area (Å²) in [5, 5.41) is 20.3. The topological polar surface area (TPSA) is 95.6 Å². The molecule has 0 aliphatic heterocycles. The number of hydrogen-bond acceptors (Lipinski definition) is 4. The molecule has 0 unspecified atom stereocenters. The van der Waals surface area contributed by atoms with E-state index in [4.69, 9.17) is 15.9 Å². The van der Waals surface area contributed by atoms with E-state index in [-0.39, 0.29) is 25.7 Å². The molecular weight excluding hydrogens is 160 g/mol. The molecule has 0 aliphatic carbocycles. The van der Waals surface area contributed by atoms with Crippen LogP contribution in [0.25, 0.3) is 0 Å². The van der Waals surface area contributed by atoms with Crippen molar-refractivity contribution in [3.05, 3.63) is 0 Å². The van der Waals surface area contributed by atoms with Crippen LogP contribution in [-0.2, 0) is 4.79 Å². The predicted octanol–water partition coefficient (Wildman–Crippen LogP) is -1.81. The van der Waals surface area contributed by atoms with Gasteiger partial charge in [0.1, 0.15) is 0 Å². The van der Waals surface area contributed by atoms with E-state index < -0.39 is 5.54 Å². The van der Waals surface area contributed by atoms with E-state index in [0.717, 1.165) is 0 Å². The molecule has 0 bridgehead atoms. The molecule has 0 atom stereocenters. The summed E-state index contributed by atoms with van der Waals surface area (Å²) in [6.07, 6.45) is 0.464. The van der Waals surface area contributed by atoms with Crippen LogP contribution in [0.4, 0.5) is 0 Å². The van der Waals surface area contributed by atoms with Gasteiger partial charge >= 0.3 is 0 Å². The van der Waals surface area contributed by atoms with Crippen LogP contribution in [0.5, 0.6) is 0 Å². The van der Waals surface area contributed by atoms with Gasteiger partial charge in [0.25, 0.3) is 0 Å². The average Bonchev–Trinajstić information content (AvgIpc) is 2.14. The van der Waals surface area contributed by atoms with E-state index in [1.807, 2.05) is 0 Å². The molecule has 0 heterocycles. The van der Waals surface area contributed by atoms with Gasteiger partial charge in [-0.05, 0) is 6.42 Å². The maximum absolute atomic E-state index is 10.8. The first kappa shape index (κ1) is 11.4. The van der Waals surface area contributed by atoms with E-state index in [0.29, 0.717) is 6.42 Å². The van der Waals surface area contributed by atoms with Crippen LogP contribution >= 0.6 is 0 Å². The Hall–Kier alpha value is -0.650.